The lowest BCUT2D eigenvalue weighted by Gasteiger charge is -2.11. The molecule has 0 heterocycles. The maximum absolute atomic E-state index is 13.5. The molecule has 0 saturated carbocycles. The number of aryl methyl sites for hydroxylation is 1. The first kappa shape index (κ1) is 9.97. The largest absolute Gasteiger partial charge is 0.206 e. The maximum atomic E-state index is 13.5. The molecule has 0 nitrogen and oxygen atoms in total. The Morgan fingerprint density at radius 1 is 1.54 bits per heavy atom. The van der Waals surface area contributed by atoms with E-state index < -0.39 is 0 Å². The Labute approximate surface area is 79.1 Å². The summed E-state index contributed by atoms with van der Waals surface area (Å²) < 4.78 is 13.5. The van der Waals surface area contributed by atoms with Crippen LogP contribution in [0.3, 0.4) is 0 Å². The molecule has 13 heavy (non-hydrogen) atoms. The number of rotatable bonds is 3. The maximum Gasteiger partial charge on any atom is 0.129 e. The van der Waals surface area contributed by atoms with Crippen LogP contribution in [0.15, 0.2) is 30.9 Å². The van der Waals surface area contributed by atoms with Gasteiger partial charge in [-0.25, -0.2) is 4.39 Å². The summed E-state index contributed by atoms with van der Waals surface area (Å²) in [6.07, 6.45) is 2.47. The molecule has 1 heteroatoms. The Morgan fingerprint density at radius 2 is 2.23 bits per heavy atom. The van der Waals surface area contributed by atoms with Crippen LogP contribution in [0.5, 0.6) is 0 Å². The van der Waals surface area contributed by atoms with Crippen molar-refractivity contribution in [2.24, 2.45) is 0 Å². The summed E-state index contributed by atoms with van der Waals surface area (Å²) in [5.41, 5.74) is 1.36. The molecule has 1 rings (SSSR count). The second-order valence-corrected chi connectivity index (χ2v) is 3.20. The molecular weight excluding hydrogens is 163 g/mol. The predicted octanol–water partition coefficient (Wildman–Crippen LogP) is 3.63. The van der Waals surface area contributed by atoms with E-state index in [1.807, 2.05) is 6.07 Å². The molecular formula is C12H14F. The van der Waals surface area contributed by atoms with Gasteiger partial charge in [-0.1, -0.05) is 24.3 Å². The van der Waals surface area contributed by atoms with Crippen LogP contribution < -0.4 is 0 Å². The van der Waals surface area contributed by atoms with Crippen LogP contribution in [0, 0.1) is 19.7 Å². The van der Waals surface area contributed by atoms with E-state index in [0.29, 0.717) is 17.5 Å². The molecule has 1 unspecified atom stereocenters. The van der Waals surface area contributed by atoms with Gasteiger partial charge in [-0.05, 0) is 37.3 Å². The highest BCUT2D eigenvalue weighted by Crippen LogP contribution is 2.23. The minimum atomic E-state index is -0.135. The van der Waals surface area contributed by atoms with Crippen LogP contribution in [-0.2, 0) is 0 Å². The third-order valence-corrected chi connectivity index (χ3v) is 2.11. The van der Waals surface area contributed by atoms with Gasteiger partial charge >= 0.3 is 0 Å². The van der Waals surface area contributed by atoms with E-state index in [1.165, 1.54) is 0 Å². The Bertz CT molecular complexity index is 302. The van der Waals surface area contributed by atoms with Crippen molar-refractivity contribution in [2.75, 3.05) is 0 Å². The summed E-state index contributed by atoms with van der Waals surface area (Å²) in [6, 6.07) is 5.40. The molecule has 0 amide bonds. The molecule has 1 aromatic carbocycles. The van der Waals surface area contributed by atoms with Crippen molar-refractivity contribution in [3.8, 4) is 0 Å². The molecule has 1 radical (unpaired) electrons. The van der Waals surface area contributed by atoms with Gasteiger partial charge in [0.1, 0.15) is 5.82 Å². The fourth-order valence-electron chi connectivity index (χ4n) is 1.31. The van der Waals surface area contributed by atoms with E-state index >= 15 is 0 Å². The van der Waals surface area contributed by atoms with Crippen LogP contribution in [0.4, 0.5) is 4.39 Å². The molecule has 1 atom stereocenters. The molecule has 0 aliphatic heterocycles. The third-order valence-electron chi connectivity index (χ3n) is 2.11. The van der Waals surface area contributed by atoms with Crippen molar-refractivity contribution in [1.29, 1.82) is 0 Å². The standard InChI is InChI=1S/C12H14F/c1-4-6-9(2)11-8-5-7-10(3)12(11)13/h4-5,7-9H,1-2,6H2,3H3. The quantitative estimate of drug-likeness (QED) is 0.618. The topological polar surface area (TPSA) is 0 Å². The van der Waals surface area contributed by atoms with Gasteiger partial charge in [-0.15, -0.1) is 6.58 Å². The molecule has 69 valence electrons. The molecule has 1 aromatic rings. The summed E-state index contributed by atoms with van der Waals surface area (Å²) in [5.74, 6) is -0.165. The summed E-state index contributed by atoms with van der Waals surface area (Å²) in [4.78, 5) is 0. The summed E-state index contributed by atoms with van der Waals surface area (Å²) in [6.45, 7) is 9.27. The number of hydrogen-bond acceptors (Lipinski definition) is 0. The van der Waals surface area contributed by atoms with Gasteiger partial charge in [0.2, 0.25) is 0 Å². The van der Waals surface area contributed by atoms with Crippen molar-refractivity contribution in [2.45, 2.75) is 19.3 Å². The number of hydrogen-bond donors (Lipinski definition) is 0. The summed E-state index contributed by atoms with van der Waals surface area (Å²) >= 11 is 0. The minimum absolute atomic E-state index is 0.0302. The van der Waals surface area contributed by atoms with Gasteiger partial charge in [0.15, 0.2) is 0 Å². The van der Waals surface area contributed by atoms with Crippen LogP contribution in [0.1, 0.15) is 23.5 Å². The number of allylic oxidation sites excluding steroid dienone is 1. The lowest BCUT2D eigenvalue weighted by Crippen LogP contribution is -1.98. The first-order valence-corrected chi connectivity index (χ1v) is 4.35. The lowest BCUT2D eigenvalue weighted by molar-refractivity contribution is 0.591. The lowest BCUT2D eigenvalue weighted by atomic mass is 9.96. The molecule has 0 N–H and O–H groups in total. The van der Waals surface area contributed by atoms with Crippen molar-refractivity contribution >= 4 is 0 Å². The Hall–Kier alpha value is -1.11. The molecule has 0 saturated heterocycles. The molecule has 0 spiro atoms. The van der Waals surface area contributed by atoms with Gasteiger partial charge in [0.25, 0.3) is 0 Å². The van der Waals surface area contributed by atoms with Crippen LogP contribution in [-0.4, -0.2) is 0 Å². The van der Waals surface area contributed by atoms with Gasteiger partial charge in [0.05, 0.1) is 0 Å². The van der Waals surface area contributed by atoms with Crippen LogP contribution in [0.2, 0.25) is 0 Å². The normalized spacial score (nSPS) is 12.5. The van der Waals surface area contributed by atoms with Crippen molar-refractivity contribution in [3.63, 3.8) is 0 Å². The first-order valence-electron chi connectivity index (χ1n) is 4.35. The second kappa shape index (κ2) is 4.22. The van der Waals surface area contributed by atoms with Gasteiger partial charge in [-0.3, -0.25) is 0 Å². The fourth-order valence-corrected chi connectivity index (χ4v) is 1.31. The predicted molar refractivity (Wildman–Crippen MR) is 54.0 cm³/mol. The third kappa shape index (κ3) is 2.18. The first-order chi connectivity index (χ1) is 6.16. The molecule has 0 aromatic heterocycles. The SMILES string of the molecule is [CH2]C(CC=C)c1cccc(C)c1F. The average molecular weight is 177 g/mol. The van der Waals surface area contributed by atoms with Crippen LogP contribution in [0.25, 0.3) is 0 Å². The number of halogens is 1. The Morgan fingerprint density at radius 3 is 2.85 bits per heavy atom. The highest BCUT2D eigenvalue weighted by atomic mass is 19.1. The van der Waals surface area contributed by atoms with Gasteiger partial charge in [-0.2, -0.15) is 0 Å². The fraction of sp³-hybridized carbons (Fsp3) is 0.250. The van der Waals surface area contributed by atoms with Crippen LogP contribution >= 0.6 is 0 Å². The van der Waals surface area contributed by atoms with E-state index in [9.17, 15) is 4.39 Å². The molecule has 0 fully saturated rings. The van der Waals surface area contributed by atoms with E-state index in [-0.39, 0.29) is 11.7 Å². The summed E-state index contributed by atoms with van der Waals surface area (Å²) in [7, 11) is 0. The van der Waals surface area contributed by atoms with Crippen molar-refractivity contribution < 1.29 is 4.39 Å². The van der Waals surface area contributed by atoms with Crippen molar-refractivity contribution in [1.82, 2.24) is 0 Å². The van der Waals surface area contributed by atoms with Gasteiger partial charge < -0.3 is 0 Å². The monoisotopic (exact) mass is 177 g/mol. The average Bonchev–Trinajstić information content (AvgIpc) is 2.10. The van der Waals surface area contributed by atoms with E-state index in [1.54, 1.807) is 25.1 Å². The zero-order valence-corrected chi connectivity index (χ0v) is 7.89. The Kier molecular flexibility index (Phi) is 3.24. The molecule has 0 aliphatic carbocycles. The number of benzene rings is 1. The second-order valence-electron chi connectivity index (χ2n) is 3.20. The smallest absolute Gasteiger partial charge is 0.129 e. The van der Waals surface area contributed by atoms with E-state index in [0.717, 1.165) is 0 Å². The van der Waals surface area contributed by atoms with E-state index in [4.69, 9.17) is 0 Å². The zero-order valence-electron chi connectivity index (χ0n) is 7.89. The molecule has 0 bridgehead atoms. The highest BCUT2D eigenvalue weighted by molar-refractivity contribution is 5.28. The minimum Gasteiger partial charge on any atom is -0.206 e. The molecule has 0 aliphatic rings. The van der Waals surface area contributed by atoms with Crippen molar-refractivity contribution in [3.05, 3.63) is 54.7 Å². The zero-order chi connectivity index (χ0) is 9.84. The van der Waals surface area contributed by atoms with Gasteiger partial charge in [0, 0.05) is 0 Å². The Balaban J connectivity index is 3.00. The highest BCUT2D eigenvalue weighted by Gasteiger charge is 2.10. The van der Waals surface area contributed by atoms with E-state index in [2.05, 4.69) is 13.5 Å². The summed E-state index contributed by atoms with van der Waals surface area (Å²) in [5, 5.41) is 0.